The van der Waals surface area contributed by atoms with Gasteiger partial charge in [0.2, 0.25) is 0 Å². The molecule has 4 heteroatoms. The summed E-state index contributed by atoms with van der Waals surface area (Å²) in [5, 5.41) is 0. The van der Waals surface area contributed by atoms with Gasteiger partial charge in [0, 0.05) is 0 Å². The van der Waals surface area contributed by atoms with Crippen LogP contribution in [0.5, 0.6) is 0 Å². The molecule has 0 aromatic rings. The second-order valence-electron chi connectivity index (χ2n) is 4.86. The Morgan fingerprint density at radius 1 is 1.29 bits per heavy atom. The fourth-order valence-electron chi connectivity index (χ4n) is 2.55. The molecule has 1 aliphatic carbocycles. The van der Waals surface area contributed by atoms with Crippen molar-refractivity contribution in [3.63, 3.8) is 0 Å². The van der Waals surface area contributed by atoms with Gasteiger partial charge in [-0.15, -0.1) is 0 Å². The maximum Gasteiger partial charge on any atom is 0.327 e. The lowest BCUT2D eigenvalue weighted by Gasteiger charge is -2.21. The highest BCUT2D eigenvalue weighted by atomic mass is 16.5. The molecule has 0 N–H and O–H groups in total. The summed E-state index contributed by atoms with van der Waals surface area (Å²) in [6, 6.07) is 0. The molecule has 4 nitrogen and oxygen atoms in total. The molecular formula is C13H20O4. The molecule has 17 heavy (non-hydrogen) atoms. The lowest BCUT2D eigenvalue weighted by atomic mass is 9.85. The predicted molar refractivity (Wildman–Crippen MR) is 63.2 cm³/mol. The van der Waals surface area contributed by atoms with Gasteiger partial charge in [0.15, 0.2) is 5.41 Å². The highest BCUT2D eigenvalue weighted by Crippen LogP contribution is 2.44. The Morgan fingerprint density at radius 3 is 2.06 bits per heavy atom. The molecule has 1 atom stereocenters. The smallest absolute Gasteiger partial charge is 0.327 e. The van der Waals surface area contributed by atoms with Crippen molar-refractivity contribution in [1.82, 2.24) is 0 Å². The quantitative estimate of drug-likeness (QED) is 0.430. The van der Waals surface area contributed by atoms with Crippen LogP contribution in [0.2, 0.25) is 0 Å². The van der Waals surface area contributed by atoms with E-state index in [4.69, 9.17) is 9.47 Å². The van der Waals surface area contributed by atoms with E-state index < -0.39 is 17.4 Å². The van der Waals surface area contributed by atoms with Crippen LogP contribution in [-0.2, 0) is 19.1 Å². The molecule has 1 rings (SSSR count). The van der Waals surface area contributed by atoms with E-state index in [0.717, 1.165) is 5.57 Å². The van der Waals surface area contributed by atoms with Crippen LogP contribution >= 0.6 is 0 Å². The lowest BCUT2D eigenvalue weighted by Crippen LogP contribution is -2.38. The second kappa shape index (κ2) is 4.90. The second-order valence-corrected chi connectivity index (χ2v) is 4.86. The van der Waals surface area contributed by atoms with E-state index in [1.807, 2.05) is 20.8 Å². The van der Waals surface area contributed by atoms with Gasteiger partial charge in [-0.25, -0.2) is 0 Å². The lowest BCUT2D eigenvalue weighted by molar-refractivity contribution is -0.165. The average molecular weight is 240 g/mol. The van der Waals surface area contributed by atoms with Crippen LogP contribution in [0.1, 0.15) is 27.2 Å². The molecule has 0 fully saturated rings. The number of esters is 2. The summed E-state index contributed by atoms with van der Waals surface area (Å²) >= 11 is 0. The summed E-state index contributed by atoms with van der Waals surface area (Å²) in [5.41, 5.74) is -0.136. The summed E-state index contributed by atoms with van der Waals surface area (Å²) in [4.78, 5) is 23.8. The zero-order chi connectivity index (χ0) is 13.2. The summed E-state index contributed by atoms with van der Waals surface area (Å²) in [7, 11) is 2.58. The van der Waals surface area contributed by atoms with Gasteiger partial charge in [-0.1, -0.05) is 32.4 Å². The number of carbonyl (C=O) groups is 2. The SMILES string of the molecule is COC(=O)C1(C(=O)OC)C=C(C(C)C)C(C)C1. The third kappa shape index (κ3) is 2.21. The highest BCUT2D eigenvalue weighted by Gasteiger charge is 2.52. The zero-order valence-corrected chi connectivity index (χ0v) is 11.1. The molecule has 0 amide bonds. The Bertz CT molecular complexity index is 338. The molecule has 0 bridgehead atoms. The van der Waals surface area contributed by atoms with E-state index in [2.05, 4.69) is 0 Å². The first-order valence-electron chi connectivity index (χ1n) is 5.78. The van der Waals surface area contributed by atoms with E-state index >= 15 is 0 Å². The van der Waals surface area contributed by atoms with Gasteiger partial charge in [0.05, 0.1) is 14.2 Å². The van der Waals surface area contributed by atoms with Crippen LogP contribution in [0.3, 0.4) is 0 Å². The Hall–Kier alpha value is -1.32. The Balaban J connectivity index is 3.20. The standard InChI is InChI=1S/C13H20O4/c1-8(2)10-7-13(6-9(10)3,11(14)16-4)12(15)17-5/h7-9H,6H2,1-5H3. The minimum absolute atomic E-state index is 0.188. The van der Waals surface area contributed by atoms with Crippen molar-refractivity contribution < 1.29 is 19.1 Å². The molecule has 0 spiro atoms. The molecule has 0 aromatic heterocycles. The van der Waals surface area contributed by atoms with Gasteiger partial charge in [-0.3, -0.25) is 9.59 Å². The Labute approximate surface area is 102 Å². The van der Waals surface area contributed by atoms with Crippen LogP contribution in [0.25, 0.3) is 0 Å². The monoisotopic (exact) mass is 240 g/mol. The van der Waals surface area contributed by atoms with E-state index in [1.54, 1.807) is 6.08 Å². The van der Waals surface area contributed by atoms with Crippen molar-refractivity contribution in [3.05, 3.63) is 11.6 Å². The molecule has 1 unspecified atom stereocenters. The number of rotatable bonds is 3. The first-order chi connectivity index (χ1) is 7.89. The van der Waals surface area contributed by atoms with Crippen molar-refractivity contribution in [1.29, 1.82) is 0 Å². The third-order valence-corrected chi connectivity index (χ3v) is 3.38. The van der Waals surface area contributed by atoms with Crippen LogP contribution < -0.4 is 0 Å². The molecule has 1 aliphatic rings. The molecule has 0 aromatic carbocycles. The molecule has 0 heterocycles. The maximum absolute atomic E-state index is 11.9. The molecule has 0 aliphatic heterocycles. The number of hydrogen-bond donors (Lipinski definition) is 0. The van der Waals surface area contributed by atoms with Gasteiger partial charge >= 0.3 is 11.9 Å². The summed E-state index contributed by atoms with van der Waals surface area (Å²) < 4.78 is 9.51. The largest absolute Gasteiger partial charge is 0.468 e. The van der Waals surface area contributed by atoms with Crippen LogP contribution in [0, 0.1) is 17.3 Å². The number of allylic oxidation sites excluding steroid dienone is 1. The predicted octanol–water partition coefficient (Wildman–Crippen LogP) is 1.94. The molecule has 0 saturated heterocycles. The van der Waals surface area contributed by atoms with Gasteiger partial charge in [-0.2, -0.15) is 0 Å². The first-order valence-corrected chi connectivity index (χ1v) is 5.78. The van der Waals surface area contributed by atoms with E-state index in [-0.39, 0.29) is 5.92 Å². The molecular weight excluding hydrogens is 220 g/mol. The van der Waals surface area contributed by atoms with Gasteiger partial charge < -0.3 is 9.47 Å². The highest BCUT2D eigenvalue weighted by molar-refractivity contribution is 6.03. The minimum atomic E-state index is -1.25. The maximum atomic E-state index is 11.9. The first kappa shape index (κ1) is 13.7. The molecule has 0 saturated carbocycles. The fraction of sp³-hybridized carbons (Fsp3) is 0.692. The summed E-state index contributed by atoms with van der Waals surface area (Å²) in [5.74, 6) is -0.576. The van der Waals surface area contributed by atoms with Crippen LogP contribution in [-0.4, -0.2) is 26.2 Å². The van der Waals surface area contributed by atoms with Crippen LogP contribution in [0.15, 0.2) is 11.6 Å². The van der Waals surface area contributed by atoms with Gasteiger partial charge in [0.25, 0.3) is 0 Å². The van der Waals surface area contributed by atoms with Crippen molar-refractivity contribution in [2.75, 3.05) is 14.2 Å². The van der Waals surface area contributed by atoms with Crippen LogP contribution in [0.4, 0.5) is 0 Å². The summed E-state index contributed by atoms with van der Waals surface area (Å²) in [6.07, 6.45) is 2.17. The fourth-order valence-corrected chi connectivity index (χ4v) is 2.55. The number of methoxy groups -OCH3 is 2. The van der Waals surface area contributed by atoms with Crippen molar-refractivity contribution >= 4 is 11.9 Å². The third-order valence-electron chi connectivity index (χ3n) is 3.38. The summed E-state index contributed by atoms with van der Waals surface area (Å²) in [6.45, 7) is 6.11. The Kier molecular flexibility index (Phi) is 3.96. The van der Waals surface area contributed by atoms with E-state index in [9.17, 15) is 9.59 Å². The van der Waals surface area contributed by atoms with E-state index in [1.165, 1.54) is 14.2 Å². The number of hydrogen-bond acceptors (Lipinski definition) is 4. The van der Waals surface area contributed by atoms with Crippen molar-refractivity contribution in [2.45, 2.75) is 27.2 Å². The van der Waals surface area contributed by atoms with Gasteiger partial charge in [0.1, 0.15) is 0 Å². The average Bonchev–Trinajstić information content (AvgIpc) is 2.66. The Morgan fingerprint density at radius 2 is 1.76 bits per heavy atom. The topological polar surface area (TPSA) is 52.6 Å². The number of ether oxygens (including phenoxy) is 2. The van der Waals surface area contributed by atoms with E-state index in [0.29, 0.717) is 12.3 Å². The minimum Gasteiger partial charge on any atom is -0.468 e. The zero-order valence-electron chi connectivity index (χ0n) is 11.1. The normalized spacial score (nSPS) is 22.2. The molecule has 96 valence electrons. The van der Waals surface area contributed by atoms with Crippen molar-refractivity contribution in [3.8, 4) is 0 Å². The van der Waals surface area contributed by atoms with Gasteiger partial charge in [-0.05, 0) is 18.3 Å². The van der Waals surface area contributed by atoms with Crippen molar-refractivity contribution in [2.24, 2.45) is 17.3 Å². The number of carbonyl (C=O) groups excluding carboxylic acids is 2. The molecule has 0 radical (unpaired) electrons.